The molecule has 106 valence electrons. The lowest BCUT2D eigenvalue weighted by Crippen LogP contribution is -2.01. The van der Waals surface area contributed by atoms with Crippen LogP contribution in [-0.4, -0.2) is 12.0 Å². The standard InChI is InChI=1S/C17H22N2O/c1-4-13(2)15-7-5-6-8-16(15)20-12-14-9-10-17(18-3)19-11-14/h5-11,13H,4,12H2,1-3H3,(H,18,19). The molecule has 0 saturated carbocycles. The fourth-order valence-corrected chi connectivity index (χ4v) is 2.06. The van der Waals surface area contributed by atoms with E-state index in [1.807, 2.05) is 37.5 Å². The van der Waals surface area contributed by atoms with Gasteiger partial charge in [0, 0.05) is 18.8 Å². The molecule has 3 nitrogen and oxygen atoms in total. The van der Waals surface area contributed by atoms with Crippen LogP contribution in [0.15, 0.2) is 42.6 Å². The molecule has 0 aliphatic carbocycles. The Morgan fingerprint density at radius 2 is 2.00 bits per heavy atom. The molecule has 1 aromatic heterocycles. The summed E-state index contributed by atoms with van der Waals surface area (Å²) in [4.78, 5) is 4.29. The zero-order valence-corrected chi connectivity index (χ0v) is 12.4. The predicted octanol–water partition coefficient (Wildman–Crippen LogP) is 4.22. The van der Waals surface area contributed by atoms with Crippen LogP contribution in [0.3, 0.4) is 0 Å². The summed E-state index contributed by atoms with van der Waals surface area (Å²) in [5.41, 5.74) is 2.35. The maximum Gasteiger partial charge on any atom is 0.125 e. The SMILES string of the molecule is CCC(C)c1ccccc1OCc1ccc(NC)nc1. The summed E-state index contributed by atoms with van der Waals surface area (Å²) in [5.74, 6) is 2.35. The average Bonchev–Trinajstić information content (AvgIpc) is 2.53. The third kappa shape index (κ3) is 3.50. The van der Waals surface area contributed by atoms with Gasteiger partial charge in [-0.1, -0.05) is 38.1 Å². The van der Waals surface area contributed by atoms with E-state index in [4.69, 9.17) is 4.74 Å². The number of nitrogens with zero attached hydrogens (tertiary/aromatic N) is 1. The number of anilines is 1. The van der Waals surface area contributed by atoms with Gasteiger partial charge in [0.05, 0.1) is 0 Å². The molecule has 0 saturated heterocycles. The van der Waals surface area contributed by atoms with Crippen molar-refractivity contribution in [3.63, 3.8) is 0 Å². The Morgan fingerprint density at radius 3 is 2.65 bits per heavy atom. The fraction of sp³-hybridized carbons (Fsp3) is 0.353. The molecule has 0 fully saturated rings. The second-order valence-electron chi connectivity index (χ2n) is 4.94. The lowest BCUT2D eigenvalue weighted by molar-refractivity contribution is 0.300. The summed E-state index contributed by atoms with van der Waals surface area (Å²) in [6, 6.07) is 12.3. The first-order chi connectivity index (χ1) is 9.74. The second kappa shape index (κ2) is 6.94. The van der Waals surface area contributed by atoms with E-state index < -0.39 is 0 Å². The van der Waals surface area contributed by atoms with Gasteiger partial charge in [0.2, 0.25) is 0 Å². The Kier molecular flexibility index (Phi) is 4.99. The number of benzene rings is 1. The van der Waals surface area contributed by atoms with Crippen molar-refractivity contribution in [3.05, 3.63) is 53.7 Å². The number of pyridine rings is 1. The molecule has 0 amide bonds. The van der Waals surface area contributed by atoms with E-state index in [-0.39, 0.29) is 0 Å². The first kappa shape index (κ1) is 14.4. The average molecular weight is 270 g/mol. The van der Waals surface area contributed by atoms with Gasteiger partial charge in [-0.25, -0.2) is 4.98 Å². The number of ether oxygens (including phenoxy) is 1. The van der Waals surface area contributed by atoms with Crippen molar-refractivity contribution in [3.8, 4) is 5.75 Å². The van der Waals surface area contributed by atoms with Crippen LogP contribution in [0.25, 0.3) is 0 Å². The molecular weight excluding hydrogens is 248 g/mol. The van der Waals surface area contributed by atoms with Gasteiger partial charge in [-0.3, -0.25) is 0 Å². The second-order valence-corrected chi connectivity index (χ2v) is 4.94. The lowest BCUT2D eigenvalue weighted by atomic mass is 9.98. The van der Waals surface area contributed by atoms with E-state index in [9.17, 15) is 0 Å². The van der Waals surface area contributed by atoms with Gasteiger partial charge in [-0.05, 0) is 30.0 Å². The van der Waals surface area contributed by atoms with Gasteiger partial charge in [0.1, 0.15) is 18.2 Å². The molecule has 3 heteroatoms. The van der Waals surface area contributed by atoms with Gasteiger partial charge < -0.3 is 10.1 Å². The van der Waals surface area contributed by atoms with E-state index in [2.05, 4.69) is 36.3 Å². The molecule has 0 bridgehead atoms. The summed E-state index contributed by atoms with van der Waals surface area (Å²) in [5, 5.41) is 3.01. The summed E-state index contributed by atoms with van der Waals surface area (Å²) in [6.07, 6.45) is 2.95. The molecule has 0 aliphatic rings. The van der Waals surface area contributed by atoms with Gasteiger partial charge in [-0.15, -0.1) is 0 Å². The first-order valence-electron chi connectivity index (χ1n) is 7.09. The zero-order chi connectivity index (χ0) is 14.4. The van der Waals surface area contributed by atoms with Crippen LogP contribution in [0.4, 0.5) is 5.82 Å². The molecule has 2 rings (SSSR count). The number of para-hydroxylation sites is 1. The lowest BCUT2D eigenvalue weighted by Gasteiger charge is -2.15. The van der Waals surface area contributed by atoms with E-state index in [0.29, 0.717) is 12.5 Å². The van der Waals surface area contributed by atoms with Crippen molar-refractivity contribution in [2.45, 2.75) is 32.8 Å². The van der Waals surface area contributed by atoms with Crippen molar-refractivity contribution in [1.29, 1.82) is 0 Å². The molecular formula is C17H22N2O. The normalized spacial score (nSPS) is 11.9. The summed E-state index contributed by atoms with van der Waals surface area (Å²) in [6.45, 7) is 4.97. The van der Waals surface area contributed by atoms with Gasteiger partial charge in [-0.2, -0.15) is 0 Å². The Labute approximate surface area is 121 Å². The molecule has 0 radical (unpaired) electrons. The summed E-state index contributed by atoms with van der Waals surface area (Å²) >= 11 is 0. The molecule has 1 N–H and O–H groups in total. The van der Waals surface area contributed by atoms with Crippen LogP contribution in [0.1, 0.15) is 37.3 Å². The summed E-state index contributed by atoms with van der Waals surface area (Å²) in [7, 11) is 1.86. The van der Waals surface area contributed by atoms with Crippen molar-refractivity contribution >= 4 is 5.82 Å². The highest BCUT2D eigenvalue weighted by atomic mass is 16.5. The third-order valence-electron chi connectivity index (χ3n) is 3.54. The molecule has 0 aliphatic heterocycles. The van der Waals surface area contributed by atoms with Gasteiger partial charge in [0.15, 0.2) is 0 Å². The minimum Gasteiger partial charge on any atom is -0.489 e. The molecule has 20 heavy (non-hydrogen) atoms. The predicted molar refractivity (Wildman–Crippen MR) is 83.3 cm³/mol. The van der Waals surface area contributed by atoms with E-state index in [0.717, 1.165) is 23.6 Å². The Balaban J connectivity index is 2.06. The van der Waals surface area contributed by atoms with Crippen LogP contribution < -0.4 is 10.1 Å². The number of nitrogens with one attached hydrogen (secondary N) is 1. The van der Waals surface area contributed by atoms with Crippen LogP contribution in [0.2, 0.25) is 0 Å². The fourth-order valence-electron chi connectivity index (χ4n) is 2.06. The van der Waals surface area contributed by atoms with Gasteiger partial charge >= 0.3 is 0 Å². The highest BCUT2D eigenvalue weighted by Gasteiger charge is 2.09. The van der Waals surface area contributed by atoms with Crippen molar-refractivity contribution < 1.29 is 4.74 Å². The highest BCUT2D eigenvalue weighted by Crippen LogP contribution is 2.28. The van der Waals surface area contributed by atoms with E-state index in [1.165, 1.54) is 5.56 Å². The maximum absolute atomic E-state index is 5.96. The zero-order valence-electron chi connectivity index (χ0n) is 12.4. The number of rotatable bonds is 6. The molecule has 1 heterocycles. The third-order valence-corrected chi connectivity index (χ3v) is 3.54. The van der Waals surface area contributed by atoms with E-state index in [1.54, 1.807) is 0 Å². The maximum atomic E-state index is 5.96. The van der Waals surface area contributed by atoms with E-state index >= 15 is 0 Å². The Morgan fingerprint density at radius 1 is 1.20 bits per heavy atom. The van der Waals surface area contributed by atoms with Crippen LogP contribution in [0, 0.1) is 0 Å². The minimum absolute atomic E-state index is 0.510. The molecule has 1 atom stereocenters. The Bertz CT molecular complexity index is 537. The topological polar surface area (TPSA) is 34.1 Å². The van der Waals surface area contributed by atoms with Crippen LogP contribution in [-0.2, 0) is 6.61 Å². The van der Waals surface area contributed by atoms with Crippen LogP contribution in [0.5, 0.6) is 5.75 Å². The monoisotopic (exact) mass is 270 g/mol. The van der Waals surface area contributed by atoms with Crippen molar-refractivity contribution in [1.82, 2.24) is 4.98 Å². The van der Waals surface area contributed by atoms with Crippen molar-refractivity contribution in [2.75, 3.05) is 12.4 Å². The van der Waals surface area contributed by atoms with Gasteiger partial charge in [0.25, 0.3) is 0 Å². The molecule has 2 aromatic rings. The number of hydrogen-bond acceptors (Lipinski definition) is 3. The first-order valence-corrected chi connectivity index (χ1v) is 7.09. The number of aromatic nitrogens is 1. The number of hydrogen-bond donors (Lipinski definition) is 1. The minimum atomic E-state index is 0.510. The quantitative estimate of drug-likeness (QED) is 0.853. The summed E-state index contributed by atoms with van der Waals surface area (Å²) < 4.78 is 5.96. The van der Waals surface area contributed by atoms with Crippen molar-refractivity contribution in [2.24, 2.45) is 0 Å². The molecule has 0 spiro atoms. The van der Waals surface area contributed by atoms with Crippen LogP contribution >= 0.6 is 0 Å². The molecule has 1 unspecified atom stereocenters. The smallest absolute Gasteiger partial charge is 0.125 e. The highest BCUT2D eigenvalue weighted by molar-refractivity contribution is 5.37. The largest absolute Gasteiger partial charge is 0.489 e. The Hall–Kier alpha value is -2.03. The molecule has 1 aromatic carbocycles.